The third-order valence-corrected chi connectivity index (χ3v) is 4.25. The second-order valence-electron chi connectivity index (χ2n) is 6.04. The van der Waals surface area contributed by atoms with Gasteiger partial charge in [-0.05, 0) is 19.1 Å². The number of carbonyl (C=O) groups excluding carboxylic acids is 2. The van der Waals surface area contributed by atoms with Crippen molar-refractivity contribution in [3.05, 3.63) is 23.4 Å². The summed E-state index contributed by atoms with van der Waals surface area (Å²) >= 11 is 5.78. The number of nitrogens with one attached hydrogen (secondary N) is 1. The van der Waals surface area contributed by atoms with E-state index in [1.807, 2.05) is 25.7 Å². The number of pyridine rings is 1. The molecule has 1 N–H and O–H groups in total. The highest BCUT2D eigenvalue weighted by atomic mass is 35.5. The molecule has 2 heterocycles. The van der Waals surface area contributed by atoms with Crippen LogP contribution in [0.3, 0.4) is 0 Å². The molecule has 2 rings (SSSR count). The molecule has 1 aromatic rings. The van der Waals surface area contributed by atoms with Crippen molar-refractivity contribution in [2.75, 3.05) is 31.5 Å². The third-order valence-electron chi connectivity index (χ3n) is 4.03. The number of amides is 2. The summed E-state index contributed by atoms with van der Waals surface area (Å²) in [6.07, 6.45) is 1.50. The van der Waals surface area contributed by atoms with Gasteiger partial charge in [-0.3, -0.25) is 14.5 Å². The van der Waals surface area contributed by atoms with E-state index in [0.717, 1.165) is 0 Å². The number of anilines is 1. The Morgan fingerprint density at radius 3 is 2.35 bits per heavy atom. The molecule has 2 amide bonds. The molecule has 126 valence electrons. The lowest BCUT2D eigenvalue weighted by molar-refractivity contribution is -0.136. The largest absolute Gasteiger partial charge is 0.340 e. The van der Waals surface area contributed by atoms with Crippen LogP contribution < -0.4 is 5.32 Å². The number of aromatic nitrogens is 1. The molecule has 1 aromatic heterocycles. The van der Waals surface area contributed by atoms with E-state index in [4.69, 9.17) is 11.6 Å². The predicted molar refractivity (Wildman–Crippen MR) is 90.3 cm³/mol. The lowest BCUT2D eigenvalue weighted by Crippen LogP contribution is -2.54. The molecule has 0 saturated carbocycles. The number of hydrogen-bond acceptors (Lipinski definition) is 4. The number of halogens is 1. The topological polar surface area (TPSA) is 65.5 Å². The van der Waals surface area contributed by atoms with Gasteiger partial charge in [0, 0.05) is 38.3 Å². The molecule has 0 aromatic carbocycles. The van der Waals surface area contributed by atoms with Crippen LogP contribution in [-0.2, 0) is 9.59 Å². The zero-order chi connectivity index (χ0) is 17.0. The standard InChI is InChI=1S/C16H23ClN4O2/c1-11(2)16(23)21-8-6-20(7-9-21)12(3)15(22)19-14-5-4-13(17)10-18-14/h4-5,10-12H,6-9H2,1-3H3,(H,18,19,22)/t12-/m0/s1. The third kappa shape index (κ3) is 4.65. The Kier molecular flexibility index (Phi) is 5.96. The number of nitrogens with zero attached hydrogens (tertiary/aromatic N) is 3. The Bertz CT molecular complexity index is 554. The summed E-state index contributed by atoms with van der Waals surface area (Å²) < 4.78 is 0. The van der Waals surface area contributed by atoms with Gasteiger partial charge in [0.1, 0.15) is 5.82 Å². The van der Waals surface area contributed by atoms with Crippen molar-refractivity contribution in [3.8, 4) is 0 Å². The molecule has 0 unspecified atom stereocenters. The fraction of sp³-hybridized carbons (Fsp3) is 0.562. The zero-order valence-electron chi connectivity index (χ0n) is 13.8. The first-order valence-electron chi connectivity index (χ1n) is 7.83. The number of carbonyl (C=O) groups is 2. The molecule has 1 fully saturated rings. The minimum Gasteiger partial charge on any atom is -0.340 e. The van der Waals surface area contributed by atoms with Gasteiger partial charge < -0.3 is 10.2 Å². The molecule has 1 aliphatic heterocycles. The highest BCUT2D eigenvalue weighted by molar-refractivity contribution is 6.30. The van der Waals surface area contributed by atoms with Gasteiger partial charge in [-0.15, -0.1) is 0 Å². The van der Waals surface area contributed by atoms with E-state index in [2.05, 4.69) is 15.2 Å². The van der Waals surface area contributed by atoms with Crippen LogP contribution in [0.1, 0.15) is 20.8 Å². The maximum Gasteiger partial charge on any atom is 0.242 e. The first-order chi connectivity index (χ1) is 10.9. The van der Waals surface area contributed by atoms with Crippen LogP contribution in [0.15, 0.2) is 18.3 Å². The molecule has 1 aliphatic rings. The predicted octanol–water partition coefficient (Wildman–Crippen LogP) is 1.86. The van der Waals surface area contributed by atoms with Gasteiger partial charge in [0.2, 0.25) is 11.8 Å². The SMILES string of the molecule is CC(C)C(=O)N1CCN([C@@H](C)C(=O)Nc2ccc(Cl)cn2)CC1. The lowest BCUT2D eigenvalue weighted by Gasteiger charge is -2.38. The quantitative estimate of drug-likeness (QED) is 0.910. The summed E-state index contributed by atoms with van der Waals surface area (Å²) in [5, 5.41) is 3.32. The fourth-order valence-electron chi connectivity index (χ4n) is 2.54. The van der Waals surface area contributed by atoms with Crippen LogP contribution in [-0.4, -0.2) is 58.8 Å². The van der Waals surface area contributed by atoms with E-state index in [0.29, 0.717) is 37.0 Å². The Balaban J connectivity index is 1.86. The average molecular weight is 339 g/mol. The first kappa shape index (κ1) is 17.7. The smallest absolute Gasteiger partial charge is 0.242 e. The van der Waals surface area contributed by atoms with E-state index in [9.17, 15) is 9.59 Å². The minimum atomic E-state index is -0.274. The van der Waals surface area contributed by atoms with Crippen molar-refractivity contribution in [1.82, 2.24) is 14.8 Å². The number of hydrogen-bond donors (Lipinski definition) is 1. The molecule has 1 atom stereocenters. The Morgan fingerprint density at radius 2 is 1.83 bits per heavy atom. The lowest BCUT2D eigenvalue weighted by atomic mass is 10.1. The maximum atomic E-state index is 12.3. The van der Waals surface area contributed by atoms with E-state index in [1.54, 1.807) is 12.1 Å². The van der Waals surface area contributed by atoms with E-state index in [1.165, 1.54) is 6.20 Å². The van der Waals surface area contributed by atoms with Crippen molar-refractivity contribution in [3.63, 3.8) is 0 Å². The van der Waals surface area contributed by atoms with Gasteiger partial charge in [0.05, 0.1) is 11.1 Å². The Morgan fingerprint density at radius 1 is 1.17 bits per heavy atom. The maximum absolute atomic E-state index is 12.3. The van der Waals surface area contributed by atoms with Gasteiger partial charge in [-0.2, -0.15) is 0 Å². The molecule has 23 heavy (non-hydrogen) atoms. The molecular weight excluding hydrogens is 316 g/mol. The highest BCUT2D eigenvalue weighted by Gasteiger charge is 2.28. The minimum absolute atomic E-state index is 0.0123. The van der Waals surface area contributed by atoms with Crippen LogP contribution in [0.5, 0.6) is 0 Å². The van der Waals surface area contributed by atoms with Crippen molar-refractivity contribution in [2.45, 2.75) is 26.8 Å². The molecule has 0 bridgehead atoms. The van der Waals surface area contributed by atoms with Gasteiger partial charge in [0.25, 0.3) is 0 Å². The van der Waals surface area contributed by atoms with E-state index < -0.39 is 0 Å². The van der Waals surface area contributed by atoms with Crippen molar-refractivity contribution < 1.29 is 9.59 Å². The molecule has 0 aliphatic carbocycles. The molecule has 0 radical (unpaired) electrons. The number of piperazine rings is 1. The summed E-state index contributed by atoms with van der Waals surface area (Å²) in [5.74, 6) is 0.564. The first-order valence-corrected chi connectivity index (χ1v) is 8.21. The Hall–Kier alpha value is -1.66. The summed E-state index contributed by atoms with van der Waals surface area (Å²) in [6, 6.07) is 3.08. The van der Waals surface area contributed by atoms with Crippen LogP contribution >= 0.6 is 11.6 Å². The van der Waals surface area contributed by atoms with Crippen molar-refractivity contribution in [1.29, 1.82) is 0 Å². The van der Waals surface area contributed by atoms with Crippen LogP contribution in [0.2, 0.25) is 5.02 Å². The van der Waals surface area contributed by atoms with Gasteiger partial charge in [-0.1, -0.05) is 25.4 Å². The second kappa shape index (κ2) is 7.75. The second-order valence-corrected chi connectivity index (χ2v) is 6.48. The monoisotopic (exact) mass is 338 g/mol. The zero-order valence-corrected chi connectivity index (χ0v) is 14.5. The summed E-state index contributed by atoms with van der Waals surface area (Å²) in [7, 11) is 0. The van der Waals surface area contributed by atoms with Gasteiger partial charge >= 0.3 is 0 Å². The summed E-state index contributed by atoms with van der Waals surface area (Å²) in [4.78, 5) is 32.3. The van der Waals surface area contributed by atoms with E-state index in [-0.39, 0.29) is 23.8 Å². The van der Waals surface area contributed by atoms with Gasteiger partial charge in [-0.25, -0.2) is 4.98 Å². The highest BCUT2D eigenvalue weighted by Crippen LogP contribution is 2.13. The average Bonchev–Trinajstić information content (AvgIpc) is 2.55. The van der Waals surface area contributed by atoms with Crippen molar-refractivity contribution >= 4 is 29.2 Å². The Labute approximate surface area is 141 Å². The van der Waals surface area contributed by atoms with Crippen LogP contribution in [0.4, 0.5) is 5.82 Å². The summed E-state index contributed by atoms with van der Waals surface area (Å²) in [5.41, 5.74) is 0. The molecular formula is C16H23ClN4O2. The van der Waals surface area contributed by atoms with Crippen LogP contribution in [0.25, 0.3) is 0 Å². The molecule has 0 spiro atoms. The summed E-state index contributed by atoms with van der Waals surface area (Å²) in [6.45, 7) is 8.39. The van der Waals surface area contributed by atoms with Gasteiger partial charge in [0.15, 0.2) is 0 Å². The normalized spacial score (nSPS) is 17.2. The molecule has 1 saturated heterocycles. The molecule has 6 nitrogen and oxygen atoms in total. The number of rotatable bonds is 4. The molecule has 7 heteroatoms. The van der Waals surface area contributed by atoms with Crippen LogP contribution in [0, 0.1) is 5.92 Å². The fourth-order valence-corrected chi connectivity index (χ4v) is 2.65. The van der Waals surface area contributed by atoms with E-state index >= 15 is 0 Å². The van der Waals surface area contributed by atoms with Crippen molar-refractivity contribution in [2.24, 2.45) is 5.92 Å².